The molecule has 1 aliphatic carbocycles. The summed E-state index contributed by atoms with van der Waals surface area (Å²) < 4.78 is 6.03. The van der Waals surface area contributed by atoms with Crippen molar-refractivity contribution in [2.45, 2.75) is 51.2 Å². The minimum Gasteiger partial charge on any atom is -0.488 e. The fourth-order valence-electron chi connectivity index (χ4n) is 3.56. The fourth-order valence-corrected chi connectivity index (χ4v) is 3.56. The lowest BCUT2D eigenvalue weighted by atomic mass is 9.77. The number of hydrogen-bond donors (Lipinski definition) is 1. The third-order valence-corrected chi connectivity index (χ3v) is 4.62. The van der Waals surface area contributed by atoms with E-state index < -0.39 is 0 Å². The van der Waals surface area contributed by atoms with E-state index in [1.54, 1.807) is 0 Å². The van der Waals surface area contributed by atoms with Gasteiger partial charge >= 0.3 is 0 Å². The van der Waals surface area contributed by atoms with Crippen molar-refractivity contribution in [3.63, 3.8) is 0 Å². The molecule has 1 fully saturated rings. The number of benzene rings is 1. The van der Waals surface area contributed by atoms with Crippen molar-refractivity contribution in [3.05, 3.63) is 29.8 Å². The molecule has 1 saturated carbocycles. The van der Waals surface area contributed by atoms with Crippen molar-refractivity contribution in [1.82, 2.24) is 0 Å². The van der Waals surface area contributed by atoms with E-state index in [0.717, 1.165) is 18.1 Å². The maximum atomic E-state index is 6.47. The Hall–Kier alpha value is -1.02. The summed E-state index contributed by atoms with van der Waals surface area (Å²) in [6.45, 7) is 2.35. The van der Waals surface area contributed by atoms with Crippen molar-refractivity contribution in [3.8, 4) is 5.75 Å². The van der Waals surface area contributed by atoms with Crippen LogP contribution < -0.4 is 10.5 Å². The van der Waals surface area contributed by atoms with Gasteiger partial charge in [-0.2, -0.15) is 0 Å². The molecule has 0 bridgehead atoms. The molecular weight excluding hydrogens is 222 g/mol. The van der Waals surface area contributed by atoms with Crippen LogP contribution in [0, 0.1) is 11.8 Å². The summed E-state index contributed by atoms with van der Waals surface area (Å²) >= 11 is 0. The van der Waals surface area contributed by atoms with Gasteiger partial charge in [0, 0.05) is 12.5 Å². The Morgan fingerprint density at radius 2 is 2.11 bits per heavy atom. The highest BCUT2D eigenvalue weighted by atomic mass is 16.5. The molecule has 4 unspecified atom stereocenters. The summed E-state index contributed by atoms with van der Waals surface area (Å²) in [6, 6.07) is 8.53. The number of rotatable bonds is 2. The molecular formula is C16H23NO. The molecule has 1 aromatic carbocycles. The van der Waals surface area contributed by atoms with Gasteiger partial charge in [-0.1, -0.05) is 38.0 Å². The van der Waals surface area contributed by atoms with E-state index in [1.165, 1.54) is 31.2 Å². The van der Waals surface area contributed by atoms with Crippen LogP contribution >= 0.6 is 0 Å². The van der Waals surface area contributed by atoms with Crippen LogP contribution in [0.5, 0.6) is 5.75 Å². The summed E-state index contributed by atoms with van der Waals surface area (Å²) in [5.74, 6) is 2.52. The van der Waals surface area contributed by atoms with Crippen molar-refractivity contribution in [2.24, 2.45) is 17.6 Å². The lowest BCUT2D eigenvalue weighted by Crippen LogP contribution is -2.45. The fraction of sp³-hybridized carbons (Fsp3) is 0.625. The van der Waals surface area contributed by atoms with Crippen LogP contribution in [0.25, 0.3) is 0 Å². The molecule has 3 rings (SSSR count). The number of ether oxygens (including phenoxy) is 1. The van der Waals surface area contributed by atoms with E-state index in [2.05, 4.69) is 25.1 Å². The molecule has 0 aromatic heterocycles. The topological polar surface area (TPSA) is 35.2 Å². The first kappa shape index (κ1) is 12.0. The molecule has 98 valence electrons. The van der Waals surface area contributed by atoms with E-state index in [9.17, 15) is 0 Å². The quantitative estimate of drug-likeness (QED) is 0.868. The summed E-state index contributed by atoms with van der Waals surface area (Å²) in [5.41, 5.74) is 7.79. The van der Waals surface area contributed by atoms with Gasteiger partial charge in [0.15, 0.2) is 0 Å². The lowest BCUT2D eigenvalue weighted by Gasteiger charge is -2.33. The summed E-state index contributed by atoms with van der Waals surface area (Å²) in [5, 5.41) is 0. The zero-order chi connectivity index (χ0) is 12.5. The third-order valence-electron chi connectivity index (χ3n) is 4.62. The van der Waals surface area contributed by atoms with Crippen LogP contribution in [-0.2, 0) is 6.42 Å². The third kappa shape index (κ3) is 2.26. The van der Waals surface area contributed by atoms with Crippen molar-refractivity contribution in [1.29, 1.82) is 0 Å². The Morgan fingerprint density at radius 3 is 2.89 bits per heavy atom. The Kier molecular flexibility index (Phi) is 3.29. The highest BCUT2D eigenvalue weighted by molar-refractivity contribution is 5.37. The van der Waals surface area contributed by atoms with Gasteiger partial charge < -0.3 is 10.5 Å². The molecule has 1 aromatic rings. The summed E-state index contributed by atoms with van der Waals surface area (Å²) in [6.07, 6.45) is 6.44. The molecule has 0 saturated heterocycles. The number of fused-ring (bicyclic) bond motifs is 1. The average Bonchev–Trinajstić information content (AvgIpc) is 2.81. The van der Waals surface area contributed by atoms with Gasteiger partial charge in [0.25, 0.3) is 0 Å². The van der Waals surface area contributed by atoms with Gasteiger partial charge in [0.1, 0.15) is 11.9 Å². The van der Waals surface area contributed by atoms with Crippen LogP contribution in [-0.4, -0.2) is 12.1 Å². The van der Waals surface area contributed by atoms with Crippen molar-refractivity contribution < 1.29 is 4.74 Å². The van der Waals surface area contributed by atoms with E-state index >= 15 is 0 Å². The number of hydrogen-bond acceptors (Lipinski definition) is 2. The van der Waals surface area contributed by atoms with Crippen LogP contribution in [0.3, 0.4) is 0 Å². The molecule has 0 amide bonds. The smallest absolute Gasteiger partial charge is 0.123 e. The first-order valence-corrected chi connectivity index (χ1v) is 7.24. The van der Waals surface area contributed by atoms with Crippen LogP contribution in [0.1, 0.15) is 38.2 Å². The van der Waals surface area contributed by atoms with Gasteiger partial charge in [-0.3, -0.25) is 0 Å². The molecule has 0 spiro atoms. The standard InChI is InChI=1S/C16H23NO/c1-11-5-4-7-13(9-11)16(17)15-10-12-6-2-3-8-14(12)18-15/h2-3,6,8,11,13,15-16H,4-5,7,9-10,17H2,1H3. The molecule has 2 nitrogen and oxygen atoms in total. The lowest BCUT2D eigenvalue weighted by molar-refractivity contribution is 0.132. The first-order chi connectivity index (χ1) is 8.74. The van der Waals surface area contributed by atoms with Crippen LogP contribution in [0.2, 0.25) is 0 Å². The van der Waals surface area contributed by atoms with E-state index in [4.69, 9.17) is 10.5 Å². The summed E-state index contributed by atoms with van der Waals surface area (Å²) in [4.78, 5) is 0. The zero-order valence-corrected chi connectivity index (χ0v) is 11.1. The minimum absolute atomic E-state index is 0.192. The number of para-hydroxylation sites is 1. The second-order valence-corrected chi connectivity index (χ2v) is 6.08. The molecule has 2 N–H and O–H groups in total. The molecule has 4 atom stereocenters. The van der Waals surface area contributed by atoms with E-state index in [0.29, 0.717) is 5.92 Å². The maximum absolute atomic E-state index is 6.47. The normalized spacial score (nSPS) is 32.7. The molecule has 0 radical (unpaired) electrons. The maximum Gasteiger partial charge on any atom is 0.123 e. The van der Waals surface area contributed by atoms with Gasteiger partial charge in [0.05, 0.1) is 0 Å². The monoisotopic (exact) mass is 245 g/mol. The van der Waals surface area contributed by atoms with Gasteiger partial charge in [-0.15, -0.1) is 0 Å². The van der Waals surface area contributed by atoms with Crippen molar-refractivity contribution >= 4 is 0 Å². The molecule has 1 aliphatic heterocycles. The van der Waals surface area contributed by atoms with E-state index in [1.807, 2.05) is 6.07 Å². The Balaban J connectivity index is 1.66. The second kappa shape index (κ2) is 4.93. The van der Waals surface area contributed by atoms with Gasteiger partial charge in [0.2, 0.25) is 0 Å². The second-order valence-electron chi connectivity index (χ2n) is 6.08. The predicted octanol–water partition coefficient (Wildman–Crippen LogP) is 3.14. The highest BCUT2D eigenvalue weighted by Gasteiger charge is 2.34. The zero-order valence-electron chi connectivity index (χ0n) is 11.1. The summed E-state index contributed by atoms with van der Waals surface area (Å²) in [7, 11) is 0. The predicted molar refractivity (Wildman–Crippen MR) is 73.7 cm³/mol. The van der Waals surface area contributed by atoms with Crippen LogP contribution in [0.4, 0.5) is 0 Å². The minimum atomic E-state index is 0.192. The highest BCUT2D eigenvalue weighted by Crippen LogP contribution is 2.35. The van der Waals surface area contributed by atoms with Gasteiger partial charge in [-0.05, 0) is 36.3 Å². The molecule has 2 aliphatic rings. The first-order valence-electron chi connectivity index (χ1n) is 7.24. The molecule has 1 heterocycles. The molecule has 2 heteroatoms. The number of nitrogens with two attached hydrogens (primary N) is 1. The Bertz CT molecular complexity index is 392. The Morgan fingerprint density at radius 1 is 1.28 bits per heavy atom. The SMILES string of the molecule is CC1CCCC(C(N)C2Cc3ccccc3O2)C1. The van der Waals surface area contributed by atoms with Crippen LogP contribution in [0.15, 0.2) is 24.3 Å². The average molecular weight is 245 g/mol. The van der Waals surface area contributed by atoms with Crippen molar-refractivity contribution in [2.75, 3.05) is 0 Å². The van der Waals surface area contributed by atoms with E-state index in [-0.39, 0.29) is 12.1 Å². The largest absolute Gasteiger partial charge is 0.488 e. The van der Waals surface area contributed by atoms with Gasteiger partial charge in [-0.25, -0.2) is 0 Å². The molecule has 18 heavy (non-hydrogen) atoms. The Labute approximate surface area is 110 Å².